The van der Waals surface area contributed by atoms with E-state index in [4.69, 9.17) is 15.6 Å². The van der Waals surface area contributed by atoms with Crippen LogP contribution in [0.5, 0.6) is 5.75 Å². The van der Waals surface area contributed by atoms with Crippen LogP contribution in [-0.2, 0) is 0 Å². The van der Waals surface area contributed by atoms with Crippen LogP contribution in [0, 0.1) is 0 Å². The van der Waals surface area contributed by atoms with Gasteiger partial charge in [-0.3, -0.25) is 10.3 Å². The van der Waals surface area contributed by atoms with Crippen LogP contribution in [0.4, 0.5) is 10.5 Å². The molecule has 0 aliphatic carbocycles. The van der Waals surface area contributed by atoms with Crippen molar-refractivity contribution in [1.82, 2.24) is 21.0 Å². The van der Waals surface area contributed by atoms with Crippen molar-refractivity contribution in [1.29, 1.82) is 0 Å². The van der Waals surface area contributed by atoms with Crippen LogP contribution in [0.25, 0.3) is 0 Å². The highest BCUT2D eigenvalue weighted by Crippen LogP contribution is 2.29. The van der Waals surface area contributed by atoms with Gasteiger partial charge in [0, 0.05) is 50.0 Å². The van der Waals surface area contributed by atoms with Crippen LogP contribution < -0.4 is 31.8 Å². The summed E-state index contributed by atoms with van der Waals surface area (Å²) in [4.78, 5) is 14.9. The molecule has 2 aliphatic rings. The molecular weight excluding hydrogens is 430 g/mol. The first-order chi connectivity index (χ1) is 16.6. The first-order valence-electron chi connectivity index (χ1n) is 11.6. The van der Waals surface area contributed by atoms with E-state index < -0.39 is 0 Å². The van der Waals surface area contributed by atoms with Gasteiger partial charge in [0.1, 0.15) is 17.6 Å². The number of hydrazone groups is 1. The van der Waals surface area contributed by atoms with E-state index in [0.29, 0.717) is 18.0 Å². The monoisotopic (exact) mass is 463 g/mol. The van der Waals surface area contributed by atoms with Gasteiger partial charge in [-0.25, -0.2) is 4.79 Å². The number of benzene rings is 2. The number of ether oxygens (including phenoxy) is 1. The number of rotatable bonds is 7. The van der Waals surface area contributed by atoms with Gasteiger partial charge in [-0.1, -0.05) is 30.3 Å². The van der Waals surface area contributed by atoms with Crippen molar-refractivity contribution in [3.63, 3.8) is 0 Å². The molecule has 1 saturated heterocycles. The fourth-order valence-electron chi connectivity index (χ4n) is 4.48. The number of nitrogens with two attached hydrogens (primary N) is 1. The van der Waals surface area contributed by atoms with E-state index in [9.17, 15) is 4.79 Å². The number of anilines is 1. The number of urea groups is 1. The minimum Gasteiger partial charge on any atom is -0.497 e. The van der Waals surface area contributed by atoms with E-state index in [0.717, 1.165) is 42.9 Å². The molecule has 1 unspecified atom stereocenters. The first-order valence-corrected chi connectivity index (χ1v) is 11.6. The Hall–Kier alpha value is -3.56. The lowest BCUT2D eigenvalue weighted by atomic mass is 9.95. The van der Waals surface area contributed by atoms with Gasteiger partial charge in [0.05, 0.1) is 12.8 Å². The number of allylic oxidation sites excluding steroid dienone is 1. The number of methoxy groups -OCH3 is 1. The Morgan fingerprint density at radius 1 is 1.24 bits per heavy atom. The molecule has 0 spiro atoms. The minimum atomic E-state index is -0.201. The molecule has 4 rings (SSSR count). The predicted molar refractivity (Wildman–Crippen MR) is 135 cm³/mol. The fraction of sp³-hybridized carbons (Fsp3) is 0.360. The van der Waals surface area contributed by atoms with Gasteiger partial charge in [-0.05, 0) is 36.6 Å². The highest BCUT2D eigenvalue weighted by atomic mass is 16.5. The molecule has 1 atom stereocenters. The summed E-state index contributed by atoms with van der Waals surface area (Å²) < 4.78 is 5.21. The first kappa shape index (κ1) is 23.6. The number of carbonyl (C=O) groups excluding carboxylic acids is 1. The van der Waals surface area contributed by atoms with E-state index in [-0.39, 0.29) is 18.2 Å². The lowest BCUT2D eigenvalue weighted by Gasteiger charge is -2.39. The van der Waals surface area contributed by atoms with Crippen LogP contribution >= 0.6 is 0 Å². The van der Waals surface area contributed by atoms with Gasteiger partial charge in [-0.15, -0.1) is 0 Å². The Morgan fingerprint density at radius 3 is 2.76 bits per heavy atom. The van der Waals surface area contributed by atoms with Crippen LogP contribution in [0.3, 0.4) is 0 Å². The number of fused-ring (bicyclic) bond motifs is 1. The number of hydrogen-bond donors (Lipinski definition) is 5. The molecule has 9 nitrogen and oxygen atoms in total. The van der Waals surface area contributed by atoms with Crippen molar-refractivity contribution in [3.8, 4) is 5.75 Å². The maximum atomic E-state index is 12.5. The molecule has 180 valence electrons. The Kier molecular flexibility index (Phi) is 7.66. The lowest BCUT2D eigenvalue weighted by molar-refractivity contribution is 0.122. The molecule has 34 heavy (non-hydrogen) atoms. The van der Waals surface area contributed by atoms with E-state index >= 15 is 0 Å². The van der Waals surface area contributed by atoms with Gasteiger partial charge in [0.25, 0.3) is 0 Å². The van der Waals surface area contributed by atoms with Gasteiger partial charge >= 0.3 is 6.03 Å². The molecule has 1 fully saturated rings. The number of nitrogens with one attached hydrogen (secondary N) is 4. The van der Waals surface area contributed by atoms with Crippen LogP contribution in [0.15, 0.2) is 65.4 Å². The molecular formula is C25H33N7O2. The van der Waals surface area contributed by atoms with Crippen molar-refractivity contribution in [2.75, 3.05) is 39.1 Å². The summed E-state index contributed by atoms with van der Waals surface area (Å²) in [5.74, 6) is 0.706. The zero-order valence-corrected chi connectivity index (χ0v) is 19.7. The molecule has 2 aliphatic heterocycles. The molecule has 2 aromatic rings. The summed E-state index contributed by atoms with van der Waals surface area (Å²) in [5, 5.41) is 13.9. The highest BCUT2D eigenvalue weighted by molar-refractivity contribution is 6.13. The second-order valence-electron chi connectivity index (χ2n) is 8.32. The molecule has 9 heteroatoms. The highest BCUT2D eigenvalue weighted by Gasteiger charge is 2.31. The van der Waals surface area contributed by atoms with Crippen molar-refractivity contribution in [2.45, 2.75) is 25.0 Å². The van der Waals surface area contributed by atoms with Crippen LogP contribution in [0.1, 0.15) is 30.1 Å². The maximum absolute atomic E-state index is 12.5. The zero-order chi connectivity index (χ0) is 23.9. The standard InChI is InChI=1S/C25H33N7O2/c1-27-22(10-13-26)23-20-8-3-4-9-21(20)24(31-30-23)32-14-11-17(12-15-32)28-25(33)29-18-6-5-7-19(16-18)34-2/h3-10,16-17,24,27,31H,11-15,26H2,1-2H3,(H2,28,29,33)/b22-10-. The molecule has 0 radical (unpaired) electrons. The second kappa shape index (κ2) is 11.0. The zero-order valence-electron chi connectivity index (χ0n) is 19.7. The topological polar surface area (TPSA) is 116 Å². The average Bonchev–Trinajstić information content (AvgIpc) is 2.87. The summed E-state index contributed by atoms with van der Waals surface area (Å²) in [5.41, 5.74) is 13.8. The third-order valence-corrected chi connectivity index (χ3v) is 6.21. The van der Waals surface area contributed by atoms with E-state index in [1.165, 1.54) is 5.56 Å². The molecule has 0 aromatic heterocycles. The number of likely N-dealkylation sites (N-methyl/N-ethyl adjacent to an activating group) is 1. The summed E-state index contributed by atoms with van der Waals surface area (Å²) >= 11 is 0. The van der Waals surface area contributed by atoms with Crippen molar-refractivity contribution in [3.05, 3.63) is 71.4 Å². The molecule has 2 heterocycles. The lowest BCUT2D eigenvalue weighted by Crippen LogP contribution is -2.49. The average molecular weight is 464 g/mol. The molecule has 6 N–H and O–H groups in total. The minimum absolute atomic E-state index is 0.0116. The van der Waals surface area contributed by atoms with Gasteiger partial charge in [-0.2, -0.15) is 5.10 Å². The number of piperidine rings is 1. The van der Waals surface area contributed by atoms with Crippen LogP contribution in [0.2, 0.25) is 0 Å². The number of amides is 2. The summed E-state index contributed by atoms with van der Waals surface area (Å²) in [6, 6.07) is 15.6. The Morgan fingerprint density at radius 2 is 2.03 bits per heavy atom. The van der Waals surface area contributed by atoms with Gasteiger partial charge in [0.2, 0.25) is 0 Å². The van der Waals surface area contributed by atoms with Crippen molar-refractivity contribution in [2.24, 2.45) is 10.8 Å². The summed E-state index contributed by atoms with van der Waals surface area (Å²) in [6.45, 7) is 2.13. The van der Waals surface area contributed by atoms with Crippen LogP contribution in [-0.4, -0.2) is 56.5 Å². The normalized spacial score (nSPS) is 18.9. The smallest absolute Gasteiger partial charge is 0.319 e. The maximum Gasteiger partial charge on any atom is 0.319 e. The summed E-state index contributed by atoms with van der Waals surface area (Å²) in [7, 11) is 3.48. The molecule has 2 aromatic carbocycles. The van der Waals surface area contributed by atoms with Crippen molar-refractivity contribution >= 4 is 17.4 Å². The Bertz CT molecular complexity index is 1060. The SMILES string of the molecule is CN/C(=C\CN)C1=NNC(N2CCC(NC(=O)Nc3cccc(OC)c3)CC2)c2ccccc21. The summed E-state index contributed by atoms with van der Waals surface area (Å²) in [6.07, 6.45) is 3.64. The number of likely N-dealkylation sites (tertiary alicyclic amines) is 1. The quantitative estimate of drug-likeness (QED) is 0.431. The Labute approximate surface area is 200 Å². The van der Waals surface area contributed by atoms with Crippen molar-refractivity contribution < 1.29 is 9.53 Å². The second-order valence-corrected chi connectivity index (χ2v) is 8.32. The fourth-order valence-corrected chi connectivity index (χ4v) is 4.48. The predicted octanol–water partition coefficient (Wildman–Crippen LogP) is 2.35. The third kappa shape index (κ3) is 5.32. The van der Waals surface area contributed by atoms with Gasteiger partial charge < -0.3 is 26.4 Å². The van der Waals surface area contributed by atoms with E-state index in [2.05, 4.69) is 44.5 Å². The number of carbonyl (C=O) groups is 1. The molecule has 0 bridgehead atoms. The third-order valence-electron chi connectivity index (χ3n) is 6.21. The van der Waals surface area contributed by atoms with Gasteiger partial charge in [0.15, 0.2) is 0 Å². The molecule has 2 amide bonds. The molecule has 0 saturated carbocycles. The largest absolute Gasteiger partial charge is 0.497 e. The Balaban J connectivity index is 1.36. The number of hydrogen-bond acceptors (Lipinski definition) is 7. The van der Waals surface area contributed by atoms with E-state index in [1.807, 2.05) is 37.4 Å². The van der Waals surface area contributed by atoms with E-state index in [1.54, 1.807) is 13.2 Å². The number of nitrogens with zero attached hydrogens (tertiary/aromatic N) is 2.